The van der Waals surface area contributed by atoms with Crippen molar-refractivity contribution in [2.75, 3.05) is 25.0 Å². The fourth-order valence-corrected chi connectivity index (χ4v) is 4.32. The van der Waals surface area contributed by atoms with Crippen LogP contribution < -0.4 is 10.2 Å². The molecule has 3 nitrogen and oxygen atoms in total. The van der Waals surface area contributed by atoms with E-state index < -0.39 is 0 Å². The molecule has 0 amide bonds. The zero-order valence-electron chi connectivity index (χ0n) is 13.8. The van der Waals surface area contributed by atoms with Crippen LogP contribution in [0.1, 0.15) is 55.3 Å². The van der Waals surface area contributed by atoms with Gasteiger partial charge >= 0.3 is 0 Å². The van der Waals surface area contributed by atoms with E-state index in [1.807, 2.05) is 7.05 Å². The van der Waals surface area contributed by atoms with Gasteiger partial charge in [0.15, 0.2) is 0 Å². The molecule has 2 aliphatic rings. The maximum absolute atomic E-state index is 4.88. The van der Waals surface area contributed by atoms with Crippen molar-refractivity contribution in [2.24, 2.45) is 5.41 Å². The Hall–Kier alpha value is -1.09. The molecule has 1 saturated carbocycles. The Morgan fingerprint density at radius 1 is 1.14 bits per heavy atom. The van der Waals surface area contributed by atoms with Crippen LogP contribution in [0.2, 0.25) is 0 Å². The van der Waals surface area contributed by atoms with Crippen LogP contribution in [-0.4, -0.2) is 25.1 Å². The first kappa shape index (κ1) is 14.8. The summed E-state index contributed by atoms with van der Waals surface area (Å²) in [7, 11) is 2.02. The Balaban J connectivity index is 1.81. The minimum Gasteiger partial charge on any atom is -0.356 e. The third-order valence-corrected chi connectivity index (χ3v) is 5.59. The van der Waals surface area contributed by atoms with E-state index in [0.717, 1.165) is 12.2 Å². The van der Waals surface area contributed by atoms with E-state index in [2.05, 4.69) is 30.1 Å². The number of anilines is 1. The van der Waals surface area contributed by atoms with Gasteiger partial charge in [-0.15, -0.1) is 0 Å². The minimum atomic E-state index is 0.679. The average molecular weight is 287 g/mol. The standard InChI is InChI=1S/C18H29N3/c1-14-12-15(2)20-17(16(14)13-19-3)21-10-8-18(9-11-21)6-4-5-7-18/h12,19H,4-11,13H2,1-3H3. The van der Waals surface area contributed by atoms with Crippen LogP contribution in [0.5, 0.6) is 0 Å². The van der Waals surface area contributed by atoms with Gasteiger partial charge in [-0.1, -0.05) is 12.8 Å². The predicted octanol–water partition coefficient (Wildman–Crippen LogP) is 3.58. The lowest BCUT2D eigenvalue weighted by atomic mass is 9.77. The van der Waals surface area contributed by atoms with Crippen molar-refractivity contribution in [1.82, 2.24) is 10.3 Å². The molecule has 3 rings (SSSR count). The van der Waals surface area contributed by atoms with E-state index in [-0.39, 0.29) is 0 Å². The van der Waals surface area contributed by atoms with Crippen LogP contribution in [0.4, 0.5) is 5.82 Å². The molecule has 1 saturated heterocycles. The number of hydrogen-bond acceptors (Lipinski definition) is 3. The number of aryl methyl sites for hydroxylation is 2. The molecule has 1 aliphatic heterocycles. The van der Waals surface area contributed by atoms with Crippen LogP contribution >= 0.6 is 0 Å². The van der Waals surface area contributed by atoms with Crippen molar-refractivity contribution in [3.63, 3.8) is 0 Å². The average Bonchev–Trinajstić information content (AvgIpc) is 2.91. The van der Waals surface area contributed by atoms with Crippen LogP contribution in [0.15, 0.2) is 6.07 Å². The first-order valence-corrected chi connectivity index (χ1v) is 8.50. The molecule has 1 aromatic heterocycles. The number of nitrogens with one attached hydrogen (secondary N) is 1. The van der Waals surface area contributed by atoms with Gasteiger partial charge in [0.05, 0.1) is 0 Å². The third kappa shape index (κ3) is 2.94. The van der Waals surface area contributed by atoms with Gasteiger partial charge in [0.1, 0.15) is 5.82 Å². The minimum absolute atomic E-state index is 0.679. The highest BCUT2D eigenvalue weighted by atomic mass is 15.2. The monoisotopic (exact) mass is 287 g/mol. The van der Waals surface area contributed by atoms with E-state index in [0.29, 0.717) is 5.41 Å². The lowest BCUT2D eigenvalue weighted by Gasteiger charge is -2.40. The van der Waals surface area contributed by atoms with Gasteiger partial charge in [0, 0.05) is 30.9 Å². The Kier molecular flexibility index (Phi) is 4.21. The molecule has 0 unspecified atom stereocenters. The summed E-state index contributed by atoms with van der Waals surface area (Å²) in [6, 6.07) is 2.21. The summed E-state index contributed by atoms with van der Waals surface area (Å²) in [5.41, 5.74) is 4.57. The molecule has 0 atom stereocenters. The second-order valence-corrected chi connectivity index (χ2v) is 7.11. The molecule has 0 bridgehead atoms. The number of pyridine rings is 1. The topological polar surface area (TPSA) is 28.2 Å². The van der Waals surface area contributed by atoms with E-state index in [9.17, 15) is 0 Å². The summed E-state index contributed by atoms with van der Waals surface area (Å²) in [6.07, 6.45) is 8.55. The van der Waals surface area contributed by atoms with Crippen LogP contribution in [0.25, 0.3) is 0 Å². The molecule has 1 spiro atoms. The first-order chi connectivity index (χ1) is 10.1. The van der Waals surface area contributed by atoms with Crippen molar-refractivity contribution < 1.29 is 0 Å². The molecule has 2 heterocycles. The summed E-state index contributed by atoms with van der Waals surface area (Å²) < 4.78 is 0. The first-order valence-electron chi connectivity index (χ1n) is 8.50. The summed E-state index contributed by atoms with van der Waals surface area (Å²) in [5, 5.41) is 3.31. The Labute approximate surface area is 129 Å². The van der Waals surface area contributed by atoms with Crippen molar-refractivity contribution in [2.45, 2.75) is 58.9 Å². The highest BCUT2D eigenvalue weighted by Gasteiger charge is 2.37. The Morgan fingerprint density at radius 2 is 1.81 bits per heavy atom. The molecule has 2 fully saturated rings. The Morgan fingerprint density at radius 3 is 2.43 bits per heavy atom. The van der Waals surface area contributed by atoms with Crippen molar-refractivity contribution in [3.05, 3.63) is 22.9 Å². The number of aromatic nitrogens is 1. The summed E-state index contributed by atoms with van der Waals surface area (Å²) in [6.45, 7) is 7.62. The maximum atomic E-state index is 4.88. The molecule has 21 heavy (non-hydrogen) atoms. The van der Waals surface area contributed by atoms with Crippen LogP contribution in [0.3, 0.4) is 0 Å². The lowest BCUT2D eigenvalue weighted by molar-refractivity contribution is 0.226. The van der Waals surface area contributed by atoms with Gasteiger partial charge in [0.25, 0.3) is 0 Å². The second-order valence-electron chi connectivity index (χ2n) is 7.11. The van der Waals surface area contributed by atoms with E-state index in [4.69, 9.17) is 4.98 Å². The van der Waals surface area contributed by atoms with Crippen LogP contribution in [-0.2, 0) is 6.54 Å². The maximum Gasteiger partial charge on any atom is 0.133 e. The quantitative estimate of drug-likeness (QED) is 0.921. The highest BCUT2D eigenvalue weighted by Crippen LogP contribution is 2.46. The van der Waals surface area contributed by atoms with Crippen molar-refractivity contribution in [1.29, 1.82) is 0 Å². The lowest BCUT2D eigenvalue weighted by Crippen LogP contribution is -2.40. The Bertz CT molecular complexity index is 493. The number of piperidine rings is 1. The molecule has 116 valence electrons. The van der Waals surface area contributed by atoms with Crippen LogP contribution in [0, 0.1) is 19.3 Å². The fourth-order valence-electron chi connectivity index (χ4n) is 4.32. The number of hydrogen-bond donors (Lipinski definition) is 1. The smallest absolute Gasteiger partial charge is 0.133 e. The van der Waals surface area contributed by atoms with E-state index in [1.54, 1.807) is 0 Å². The normalized spacial score (nSPS) is 21.2. The van der Waals surface area contributed by atoms with Gasteiger partial charge in [0.2, 0.25) is 0 Å². The zero-order valence-corrected chi connectivity index (χ0v) is 13.8. The third-order valence-electron chi connectivity index (χ3n) is 5.59. The van der Waals surface area contributed by atoms with Gasteiger partial charge in [-0.3, -0.25) is 0 Å². The molecule has 0 aromatic carbocycles. The molecule has 1 N–H and O–H groups in total. The van der Waals surface area contributed by atoms with E-state index >= 15 is 0 Å². The summed E-state index contributed by atoms with van der Waals surface area (Å²) in [4.78, 5) is 7.42. The largest absolute Gasteiger partial charge is 0.356 e. The second kappa shape index (κ2) is 5.96. The molecule has 1 aromatic rings. The summed E-state index contributed by atoms with van der Waals surface area (Å²) >= 11 is 0. The number of rotatable bonds is 3. The van der Waals surface area contributed by atoms with Crippen molar-refractivity contribution in [3.8, 4) is 0 Å². The van der Waals surface area contributed by atoms with Crippen molar-refractivity contribution >= 4 is 5.82 Å². The molecule has 1 aliphatic carbocycles. The number of nitrogens with zero attached hydrogens (tertiary/aromatic N) is 2. The molecule has 0 radical (unpaired) electrons. The van der Waals surface area contributed by atoms with Gasteiger partial charge in [-0.2, -0.15) is 0 Å². The van der Waals surface area contributed by atoms with Gasteiger partial charge in [-0.25, -0.2) is 4.98 Å². The molecular weight excluding hydrogens is 258 g/mol. The predicted molar refractivity (Wildman–Crippen MR) is 88.8 cm³/mol. The molecule has 3 heteroatoms. The fraction of sp³-hybridized carbons (Fsp3) is 0.722. The SMILES string of the molecule is CNCc1c(C)cc(C)nc1N1CCC2(CCCC2)CC1. The van der Waals surface area contributed by atoms with E-state index in [1.165, 1.54) is 68.6 Å². The van der Waals surface area contributed by atoms with Gasteiger partial charge in [-0.05, 0) is 63.6 Å². The summed E-state index contributed by atoms with van der Waals surface area (Å²) in [5.74, 6) is 1.23. The highest BCUT2D eigenvalue weighted by molar-refractivity contribution is 5.52. The zero-order chi connectivity index (χ0) is 14.9. The molecular formula is C18H29N3. The van der Waals surface area contributed by atoms with Gasteiger partial charge < -0.3 is 10.2 Å².